The Morgan fingerprint density at radius 3 is 1.21 bits per heavy atom. The van der Waals surface area contributed by atoms with Crippen molar-refractivity contribution in [1.82, 2.24) is 9.97 Å². The molecule has 0 bridgehead atoms. The molecule has 0 N–H and O–H groups in total. The molecular weight excluding hydrogens is 922 g/mol. The SMILES string of the molecule is CCCCCCC(CCCC)Cc1c[c]([Sn][C](C)(C)C)sc1-c1nc2sc(-c3s[c]([Sn][C](C)(C)C)cc3CC(CCCC)CCCCCC)nc2s1. The van der Waals surface area contributed by atoms with Crippen molar-refractivity contribution in [2.45, 2.75) is 192 Å². The first-order valence-electron chi connectivity index (χ1n) is 20.9. The van der Waals surface area contributed by atoms with Crippen molar-refractivity contribution in [3.05, 3.63) is 23.3 Å². The van der Waals surface area contributed by atoms with Gasteiger partial charge < -0.3 is 0 Å². The van der Waals surface area contributed by atoms with E-state index in [0.717, 1.165) is 21.5 Å². The van der Waals surface area contributed by atoms with Gasteiger partial charge in [0.1, 0.15) is 0 Å². The van der Waals surface area contributed by atoms with Crippen LogP contribution >= 0.6 is 45.3 Å². The van der Waals surface area contributed by atoms with Crippen molar-refractivity contribution >= 4 is 103 Å². The van der Waals surface area contributed by atoms with Gasteiger partial charge in [-0.15, -0.1) is 0 Å². The maximum atomic E-state index is 5.43. The third-order valence-corrected chi connectivity index (χ3v) is 23.8. The molecular formula is C44H70N2S4Sn2. The number of nitrogens with zero attached hydrogens (tertiary/aromatic N) is 2. The summed E-state index contributed by atoms with van der Waals surface area (Å²) >= 11 is 6.56. The molecule has 2 unspecified atom stereocenters. The number of hydrogen-bond donors (Lipinski definition) is 0. The van der Waals surface area contributed by atoms with E-state index >= 15 is 0 Å². The Kier molecular flexibility index (Phi) is 19.5. The zero-order valence-corrected chi connectivity index (χ0v) is 43.5. The van der Waals surface area contributed by atoms with Gasteiger partial charge in [-0.2, -0.15) is 0 Å². The van der Waals surface area contributed by atoms with Gasteiger partial charge in [-0.3, -0.25) is 0 Å². The first-order chi connectivity index (χ1) is 24.8. The van der Waals surface area contributed by atoms with Crippen molar-refractivity contribution < 1.29 is 0 Å². The van der Waals surface area contributed by atoms with Crippen molar-refractivity contribution in [2.24, 2.45) is 11.8 Å². The van der Waals surface area contributed by atoms with Gasteiger partial charge in [0.15, 0.2) is 0 Å². The number of rotatable bonds is 24. The van der Waals surface area contributed by atoms with Gasteiger partial charge in [-0.1, -0.05) is 0 Å². The summed E-state index contributed by atoms with van der Waals surface area (Å²) in [6, 6.07) is 5.29. The van der Waals surface area contributed by atoms with Gasteiger partial charge in [0.05, 0.1) is 0 Å². The minimum atomic E-state index is -0.693. The van der Waals surface area contributed by atoms with Crippen LogP contribution in [0.3, 0.4) is 0 Å². The molecule has 0 fully saturated rings. The number of fused-ring (bicyclic) bond motifs is 1. The molecule has 4 rings (SSSR count). The molecule has 0 saturated carbocycles. The van der Waals surface area contributed by atoms with Crippen LogP contribution in [0.5, 0.6) is 0 Å². The first-order valence-corrected chi connectivity index (χ1v) is 29.9. The molecule has 0 aliphatic carbocycles. The van der Waals surface area contributed by atoms with E-state index in [1.54, 1.807) is 16.9 Å². The van der Waals surface area contributed by atoms with Crippen LogP contribution in [-0.2, 0) is 12.8 Å². The van der Waals surface area contributed by atoms with E-state index in [9.17, 15) is 0 Å². The third-order valence-electron chi connectivity index (χ3n) is 9.86. The summed E-state index contributed by atoms with van der Waals surface area (Å²) in [6.45, 7) is 24.1. The van der Waals surface area contributed by atoms with Gasteiger partial charge in [-0.05, 0) is 0 Å². The van der Waals surface area contributed by atoms with Crippen LogP contribution in [-0.4, -0.2) is 52.3 Å². The Balaban J connectivity index is 1.66. The summed E-state index contributed by atoms with van der Waals surface area (Å²) < 4.78 is 4.28. The molecule has 0 saturated heterocycles. The molecule has 8 heteroatoms. The molecule has 288 valence electrons. The number of hydrogen-bond acceptors (Lipinski definition) is 6. The second kappa shape index (κ2) is 22.5. The average molecular weight is 993 g/mol. The molecule has 2 nitrogen and oxygen atoms in total. The molecule has 52 heavy (non-hydrogen) atoms. The van der Waals surface area contributed by atoms with Crippen LogP contribution < -0.4 is 5.79 Å². The zero-order chi connectivity index (χ0) is 37.7. The average Bonchev–Trinajstić information content (AvgIpc) is 3.83. The number of thiophene rings is 2. The predicted octanol–water partition coefficient (Wildman–Crippen LogP) is 14.9. The molecule has 0 aliphatic rings. The molecule has 4 aromatic rings. The Morgan fingerprint density at radius 2 is 0.865 bits per heavy atom. The van der Waals surface area contributed by atoms with Crippen LogP contribution in [0.2, 0.25) is 6.86 Å². The van der Waals surface area contributed by atoms with E-state index in [1.165, 1.54) is 135 Å². The van der Waals surface area contributed by atoms with Crippen LogP contribution in [0.1, 0.15) is 183 Å². The Hall–Kier alpha value is 0.517. The number of thiazole rings is 2. The van der Waals surface area contributed by atoms with Crippen molar-refractivity contribution in [3.63, 3.8) is 0 Å². The van der Waals surface area contributed by atoms with E-state index in [-0.39, 0.29) is 0 Å². The fourth-order valence-electron chi connectivity index (χ4n) is 7.25. The monoisotopic (exact) mass is 994 g/mol. The molecule has 2 atom stereocenters. The zero-order valence-electron chi connectivity index (χ0n) is 34.6. The van der Waals surface area contributed by atoms with E-state index < -0.39 is 42.3 Å². The summed E-state index contributed by atoms with van der Waals surface area (Å²) in [7, 11) is 0. The second-order valence-electron chi connectivity index (χ2n) is 17.5. The fourth-order valence-corrected chi connectivity index (χ4v) is 23.9. The summed E-state index contributed by atoms with van der Waals surface area (Å²) in [5, 5.41) is 2.47. The third kappa shape index (κ3) is 15.1. The summed E-state index contributed by atoms with van der Waals surface area (Å²) in [4.78, 5) is 16.1. The maximum absolute atomic E-state index is 5.43. The summed E-state index contributed by atoms with van der Waals surface area (Å²) in [5.41, 5.74) is 3.19. The Labute approximate surface area is 356 Å². The van der Waals surface area contributed by atoms with E-state index in [1.807, 2.05) is 22.7 Å². The van der Waals surface area contributed by atoms with Gasteiger partial charge in [-0.25, -0.2) is 0 Å². The molecule has 0 spiro atoms. The Bertz CT molecular complexity index is 1450. The second-order valence-corrected chi connectivity index (χ2v) is 36.6. The summed E-state index contributed by atoms with van der Waals surface area (Å²) in [5.74, 6) is 1.58. The van der Waals surface area contributed by atoms with E-state index in [0.29, 0.717) is 6.86 Å². The molecule has 0 amide bonds. The van der Waals surface area contributed by atoms with E-state index in [2.05, 4.69) is 104 Å². The van der Waals surface area contributed by atoms with Crippen molar-refractivity contribution in [1.29, 1.82) is 0 Å². The molecule has 0 aromatic carbocycles. The van der Waals surface area contributed by atoms with Gasteiger partial charge in [0, 0.05) is 0 Å². The molecule has 4 heterocycles. The van der Waals surface area contributed by atoms with E-state index in [4.69, 9.17) is 9.97 Å². The quantitative estimate of drug-likeness (QED) is 0.0516. The fraction of sp³-hybridized carbons (Fsp3) is 0.727. The van der Waals surface area contributed by atoms with Crippen LogP contribution in [0, 0.1) is 11.8 Å². The number of aromatic nitrogens is 2. The predicted molar refractivity (Wildman–Crippen MR) is 243 cm³/mol. The minimum absolute atomic E-state index is 0.447. The van der Waals surface area contributed by atoms with Crippen molar-refractivity contribution in [2.75, 3.05) is 0 Å². The van der Waals surface area contributed by atoms with Crippen LogP contribution in [0.25, 0.3) is 29.4 Å². The topological polar surface area (TPSA) is 25.8 Å². The number of unbranched alkanes of at least 4 members (excludes halogenated alkanes) is 8. The van der Waals surface area contributed by atoms with Crippen molar-refractivity contribution in [3.8, 4) is 19.8 Å². The standard InChI is InChI=1S/C36H52N2S4.2C4H9.2Sn/c1-5-9-13-15-19-27(17-11-7-3)25-29-21-23-39-31(29)33-37-35-36(41-33)38-34(42-35)32-30(22-24-40-32)26-28(18-12-8-4)20-16-14-10-6-2;2*1-4(2)3;;/h21-22,27-28H,5-20,25-26H2,1-4H3;2*1-3H3;;. The molecule has 4 aromatic heterocycles. The van der Waals surface area contributed by atoms with Gasteiger partial charge in [0.2, 0.25) is 0 Å². The first kappa shape index (κ1) is 45.2. The van der Waals surface area contributed by atoms with Crippen LogP contribution in [0.4, 0.5) is 0 Å². The Morgan fingerprint density at radius 1 is 0.500 bits per heavy atom. The molecule has 0 aliphatic heterocycles. The summed E-state index contributed by atoms with van der Waals surface area (Å²) in [6.07, 6.45) is 24.2. The van der Waals surface area contributed by atoms with Crippen LogP contribution in [0.15, 0.2) is 12.1 Å². The van der Waals surface area contributed by atoms with Gasteiger partial charge in [0.25, 0.3) is 0 Å². The molecule has 4 radical (unpaired) electrons. The normalized spacial score (nSPS) is 13.8. The van der Waals surface area contributed by atoms with Gasteiger partial charge >= 0.3 is 360 Å².